The van der Waals surface area contributed by atoms with Gasteiger partial charge in [0.2, 0.25) is 5.91 Å². The van der Waals surface area contributed by atoms with Gasteiger partial charge in [0, 0.05) is 0 Å². The van der Waals surface area contributed by atoms with E-state index in [1.54, 1.807) is 0 Å². The lowest BCUT2D eigenvalue weighted by atomic mass is 10.1. The van der Waals surface area contributed by atoms with Gasteiger partial charge in [0.15, 0.2) is 0 Å². The Kier molecular flexibility index (Phi) is 5.36. The number of ketones is 1. The maximum absolute atomic E-state index is 11.4. The zero-order chi connectivity index (χ0) is 12.7. The first kappa shape index (κ1) is 13.4. The van der Waals surface area contributed by atoms with Gasteiger partial charge < -0.3 is 10.4 Å². The molecule has 1 unspecified atom stereocenters. The average Bonchev–Trinajstić information content (AvgIpc) is 2.28. The van der Waals surface area contributed by atoms with Crippen molar-refractivity contribution in [3.63, 3.8) is 0 Å². The van der Waals surface area contributed by atoms with E-state index >= 15 is 0 Å². The number of nitrogens with one attached hydrogen (secondary N) is 1. The van der Waals surface area contributed by atoms with Crippen LogP contribution in [0.4, 0.5) is 0 Å². The molecule has 0 aliphatic heterocycles. The largest absolute Gasteiger partial charge is 0.394 e. The molecule has 92 valence electrons. The summed E-state index contributed by atoms with van der Waals surface area (Å²) in [6.07, 6.45) is 0.423. The minimum Gasteiger partial charge on any atom is -0.394 e. The lowest BCUT2D eigenvalue weighted by molar-refractivity contribution is -0.127. The lowest BCUT2D eigenvalue weighted by Crippen LogP contribution is -2.39. The van der Waals surface area contributed by atoms with Gasteiger partial charge in [-0.15, -0.1) is 0 Å². The Morgan fingerprint density at radius 2 is 1.94 bits per heavy atom. The number of hydrogen-bond acceptors (Lipinski definition) is 3. The highest BCUT2D eigenvalue weighted by molar-refractivity contribution is 5.96. The Bertz CT molecular complexity index is 376. The van der Waals surface area contributed by atoms with Gasteiger partial charge in [-0.05, 0) is 18.9 Å². The van der Waals surface area contributed by atoms with E-state index in [2.05, 4.69) is 5.32 Å². The zero-order valence-corrected chi connectivity index (χ0v) is 9.85. The summed E-state index contributed by atoms with van der Waals surface area (Å²) in [6.45, 7) is 1.23. The number of carbonyl (C=O) groups excluding carboxylic acids is 2. The zero-order valence-electron chi connectivity index (χ0n) is 9.85. The van der Waals surface area contributed by atoms with Gasteiger partial charge in [-0.3, -0.25) is 9.59 Å². The molecule has 0 heterocycles. The second-order valence-corrected chi connectivity index (χ2v) is 4.02. The van der Waals surface area contributed by atoms with Crippen molar-refractivity contribution in [1.29, 1.82) is 0 Å². The minimum absolute atomic E-state index is 0.134. The third-order valence-corrected chi connectivity index (χ3v) is 2.32. The molecule has 4 heteroatoms. The normalized spacial score (nSPS) is 11.9. The molecule has 0 fully saturated rings. The quantitative estimate of drug-likeness (QED) is 0.713. The van der Waals surface area contributed by atoms with E-state index in [4.69, 9.17) is 0 Å². The van der Waals surface area contributed by atoms with Crippen LogP contribution in [0.2, 0.25) is 0 Å². The third-order valence-electron chi connectivity index (χ3n) is 2.32. The number of Topliss-reactive ketones (excluding diaryl/α,β-unsaturated/α-hetero) is 1. The molecule has 17 heavy (non-hydrogen) atoms. The summed E-state index contributed by atoms with van der Waals surface area (Å²) in [6, 6.07) is 9.23. The summed E-state index contributed by atoms with van der Waals surface area (Å²) in [5, 5.41) is 11.8. The van der Waals surface area contributed by atoms with E-state index in [1.807, 2.05) is 30.3 Å². The van der Waals surface area contributed by atoms with Crippen LogP contribution < -0.4 is 5.32 Å². The monoisotopic (exact) mass is 235 g/mol. The first-order valence-electron chi connectivity index (χ1n) is 5.55. The van der Waals surface area contributed by atoms with E-state index in [0.717, 1.165) is 5.56 Å². The predicted octanol–water partition coefficient (Wildman–Crippen LogP) is 0.685. The summed E-state index contributed by atoms with van der Waals surface area (Å²) in [7, 11) is 0. The Labute approximate surface area is 101 Å². The van der Waals surface area contributed by atoms with Crippen LogP contribution >= 0.6 is 0 Å². The molecule has 0 saturated heterocycles. The summed E-state index contributed by atoms with van der Waals surface area (Å²) in [4.78, 5) is 22.1. The summed E-state index contributed by atoms with van der Waals surface area (Å²) in [5.74, 6) is -0.522. The molecule has 4 nitrogen and oxygen atoms in total. The molecule has 0 aliphatic rings. The maximum atomic E-state index is 11.4. The van der Waals surface area contributed by atoms with Crippen LogP contribution in [0.25, 0.3) is 0 Å². The van der Waals surface area contributed by atoms with Crippen LogP contribution in [0, 0.1) is 0 Å². The number of hydrogen-bond donors (Lipinski definition) is 2. The molecule has 0 spiro atoms. The number of benzene rings is 1. The van der Waals surface area contributed by atoms with Crippen molar-refractivity contribution in [2.45, 2.75) is 25.8 Å². The lowest BCUT2D eigenvalue weighted by Gasteiger charge is -2.15. The van der Waals surface area contributed by atoms with Crippen LogP contribution in [0.15, 0.2) is 30.3 Å². The SMILES string of the molecule is CC(=O)CC(=O)NC(CO)Cc1ccccc1. The Morgan fingerprint density at radius 1 is 1.29 bits per heavy atom. The van der Waals surface area contributed by atoms with Crippen molar-refractivity contribution in [3.8, 4) is 0 Å². The number of carbonyl (C=O) groups is 2. The Morgan fingerprint density at radius 3 is 2.47 bits per heavy atom. The van der Waals surface area contributed by atoms with Gasteiger partial charge in [-0.1, -0.05) is 30.3 Å². The van der Waals surface area contributed by atoms with Crippen molar-refractivity contribution >= 4 is 11.7 Å². The second kappa shape index (κ2) is 6.81. The molecule has 1 amide bonds. The first-order chi connectivity index (χ1) is 8.11. The molecule has 1 rings (SSSR count). The number of amides is 1. The maximum Gasteiger partial charge on any atom is 0.227 e. The molecule has 0 aliphatic carbocycles. The highest BCUT2D eigenvalue weighted by atomic mass is 16.3. The van der Waals surface area contributed by atoms with Crippen molar-refractivity contribution in [2.24, 2.45) is 0 Å². The Hall–Kier alpha value is -1.68. The topological polar surface area (TPSA) is 66.4 Å². The predicted molar refractivity (Wildman–Crippen MR) is 64.5 cm³/mol. The molecule has 0 radical (unpaired) electrons. The van der Waals surface area contributed by atoms with E-state index in [1.165, 1.54) is 6.92 Å². The molecule has 0 aromatic heterocycles. The second-order valence-electron chi connectivity index (χ2n) is 4.02. The molecular weight excluding hydrogens is 218 g/mol. The first-order valence-corrected chi connectivity index (χ1v) is 5.55. The standard InChI is InChI=1S/C13H17NO3/c1-10(16)7-13(17)14-12(9-15)8-11-5-3-2-4-6-11/h2-6,12,15H,7-9H2,1H3,(H,14,17). The van der Waals surface area contributed by atoms with Crippen LogP contribution in [0.3, 0.4) is 0 Å². The molecule has 0 saturated carbocycles. The van der Waals surface area contributed by atoms with Gasteiger partial charge in [0.05, 0.1) is 19.1 Å². The molecule has 1 atom stereocenters. The fourth-order valence-electron chi connectivity index (χ4n) is 1.56. The number of rotatable bonds is 6. The minimum atomic E-state index is -0.343. The van der Waals surface area contributed by atoms with Crippen molar-refractivity contribution < 1.29 is 14.7 Å². The van der Waals surface area contributed by atoms with E-state index in [0.29, 0.717) is 6.42 Å². The number of aliphatic hydroxyl groups is 1. The molecular formula is C13H17NO3. The van der Waals surface area contributed by atoms with Crippen LogP contribution in [0.1, 0.15) is 18.9 Å². The van der Waals surface area contributed by atoms with Crippen molar-refractivity contribution in [2.75, 3.05) is 6.61 Å². The average molecular weight is 235 g/mol. The van der Waals surface area contributed by atoms with E-state index in [9.17, 15) is 14.7 Å². The van der Waals surface area contributed by atoms with Gasteiger partial charge in [-0.2, -0.15) is 0 Å². The molecule has 1 aromatic carbocycles. The molecule has 1 aromatic rings. The van der Waals surface area contributed by atoms with Gasteiger partial charge in [-0.25, -0.2) is 0 Å². The molecule has 0 bridgehead atoms. The fraction of sp³-hybridized carbons (Fsp3) is 0.385. The van der Waals surface area contributed by atoms with Gasteiger partial charge in [0.1, 0.15) is 5.78 Å². The van der Waals surface area contributed by atoms with Crippen molar-refractivity contribution in [1.82, 2.24) is 5.32 Å². The van der Waals surface area contributed by atoms with E-state index in [-0.39, 0.29) is 30.8 Å². The van der Waals surface area contributed by atoms with E-state index < -0.39 is 0 Å². The Balaban J connectivity index is 2.49. The smallest absolute Gasteiger partial charge is 0.227 e. The summed E-state index contributed by atoms with van der Waals surface area (Å²) in [5.41, 5.74) is 1.04. The third kappa shape index (κ3) is 5.26. The number of aliphatic hydroxyl groups excluding tert-OH is 1. The highest BCUT2D eigenvalue weighted by Gasteiger charge is 2.13. The van der Waals surface area contributed by atoms with Crippen LogP contribution in [-0.2, 0) is 16.0 Å². The van der Waals surface area contributed by atoms with Gasteiger partial charge >= 0.3 is 0 Å². The molecule has 2 N–H and O–H groups in total. The van der Waals surface area contributed by atoms with Crippen LogP contribution in [-0.4, -0.2) is 29.4 Å². The summed E-state index contributed by atoms with van der Waals surface area (Å²) >= 11 is 0. The fourth-order valence-corrected chi connectivity index (χ4v) is 1.56. The summed E-state index contributed by atoms with van der Waals surface area (Å²) < 4.78 is 0. The highest BCUT2D eigenvalue weighted by Crippen LogP contribution is 2.03. The van der Waals surface area contributed by atoms with Gasteiger partial charge in [0.25, 0.3) is 0 Å². The van der Waals surface area contributed by atoms with Crippen molar-refractivity contribution in [3.05, 3.63) is 35.9 Å². The van der Waals surface area contributed by atoms with Crippen LogP contribution in [0.5, 0.6) is 0 Å².